The van der Waals surface area contributed by atoms with E-state index in [0.29, 0.717) is 12.4 Å². The zero-order valence-electron chi connectivity index (χ0n) is 13.5. The van der Waals surface area contributed by atoms with E-state index in [4.69, 9.17) is 4.74 Å². The second-order valence-corrected chi connectivity index (χ2v) is 5.54. The van der Waals surface area contributed by atoms with Crippen molar-refractivity contribution >= 4 is 5.69 Å². The van der Waals surface area contributed by atoms with E-state index in [1.165, 1.54) is 0 Å². The Balaban J connectivity index is 1.63. The summed E-state index contributed by atoms with van der Waals surface area (Å²) < 4.78 is 5.68. The average molecular weight is 320 g/mol. The first-order chi connectivity index (χ1) is 11.7. The largest absolute Gasteiger partial charge is 0.439 e. The Morgan fingerprint density at radius 1 is 1.00 bits per heavy atom. The van der Waals surface area contributed by atoms with Crippen LogP contribution in [0.25, 0.3) is 0 Å². The molecule has 1 aromatic heterocycles. The Hall–Kier alpha value is -2.85. The van der Waals surface area contributed by atoms with Crippen molar-refractivity contribution in [3.05, 3.63) is 84.1 Å². The van der Waals surface area contributed by atoms with Crippen LogP contribution in [0.15, 0.2) is 72.9 Å². The zero-order chi connectivity index (χ0) is 16.8. The Morgan fingerprint density at radius 3 is 2.46 bits per heavy atom. The lowest BCUT2D eigenvalue weighted by Gasteiger charge is -2.14. The second-order valence-electron chi connectivity index (χ2n) is 5.54. The molecule has 0 saturated heterocycles. The summed E-state index contributed by atoms with van der Waals surface area (Å²) >= 11 is 0. The topological polar surface area (TPSA) is 54.4 Å². The number of aliphatic hydroxyl groups excluding tert-OH is 1. The van der Waals surface area contributed by atoms with Gasteiger partial charge in [-0.2, -0.15) is 0 Å². The van der Waals surface area contributed by atoms with E-state index >= 15 is 0 Å². The van der Waals surface area contributed by atoms with Crippen LogP contribution in [-0.2, 0) is 6.54 Å². The first kappa shape index (κ1) is 16.0. The summed E-state index contributed by atoms with van der Waals surface area (Å²) in [6.07, 6.45) is 1.28. The predicted octanol–water partition coefficient (Wildman–Crippen LogP) is 4.54. The van der Waals surface area contributed by atoms with Gasteiger partial charge in [-0.1, -0.05) is 42.5 Å². The molecule has 3 aromatic rings. The quantitative estimate of drug-likeness (QED) is 0.700. The summed E-state index contributed by atoms with van der Waals surface area (Å²) in [5.41, 5.74) is 2.85. The fourth-order valence-electron chi connectivity index (χ4n) is 2.40. The number of aromatic nitrogens is 1. The normalized spacial score (nSPS) is 11.8. The number of pyridine rings is 1. The van der Waals surface area contributed by atoms with Gasteiger partial charge in [0.2, 0.25) is 5.88 Å². The third-order valence-electron chi connectivity index (χ3n) is 3.66. The van der Waals surface area contributed by atoms with Gasteiger partial charge in [0, 0.05) is 30.1 Å². The molecule has 0 unspecified atom stereocenters. The van der Waals surface area contributed by atoms with Crippen molar-refractivity contribution in [3.8, 4) is 11.6 Å². The monoisotopic (exact) mass is 320 g/mol. The Morgan fingerprint density at radius 2 is 1.75 bits per heavy atom. The Labute approximate surface area is 141 Å². The third-order valence-corrected chi connectivity index (χ3v) is 3.66. The highest BCUT2D eigenvalue weighted by molar-refractivity contribution is 5.52. The van der Waals surface area contributed by atoms with Crippen molar-refractivity contribution in [3.63, 3.8) is 0 Å². The summed E-state index contributed by atoms with van der Waals surface area (Å²) in [5.74, 6) is 1.33. The number of anilines is 1. The highest BCUT2D eigenvalue weighted by Gasteiger charge is 2.06. The molecule has 0 amide bonds. The van der Waals surface area contributed by atoms with E-state index < -0.39 is 6.10 Å². The molecule has 1 atom stereocenters. The minimum absolute atomic E-state index is 0.506. The van der Waals surface area contributed by atoms with Crippen LogP contribution in [0.4, 0.5) is 5.69 Å². The molecule has 4 heteroatoms. The van der Waals surface area contributed by atoms with E-state index in [-0.39, 0.29) is 0 Å². The summed E-state index contributed by atoms with van der Waals surface area (Å²) in [4.78, 5) is 4.33. The fourth-order valence-corrected chi connectivity index (χ4v) is 2.40. The fraction of sp³-hybridized carbons (Fsp3) is 0.150. The summed E-state index contributed by atoms with van der Waals surface area (Å²) in [5, 5.41) is 13.1. The molecule has 24 heavy (non-hydrogen) atoms. The molecule has 122 valence electrons. The van der Waals surface area contributed by atoms with Gasteiger partial charge >= 0.3 is 0 Å². The molecule has 0 bridgehead atoms. The first-order valence-electron chi connectivity index (χ1n) is 7.91. The minimum Gasteiger partial charge on any atom is -0.439 e. The maximum absolute atomic E-state index is 9.81. The average Bonchev–Trinajstić information content (AvgIpc) is 2.62. The van der Waals surface area contributed by atoms with Crippen LogP contribution in [0, 0.1) is 0 Å². The molecule has 0 aliphatic rings. The molecule has 3 rings (SSSR count). The third kappa shape index (κ3) is 4.12. The maximum Gasteiger partial charge on any atom is 0.219 e. The molecule has 0 saturated carbocycles. The number of hydrogen-bond donors (Lipinski definition) is 2. The van der Waals surface area contributed by atoms with Gasteiger partial charge in [-0.3, -0.25) is 0 Å². The van der Waals surface area contributed by atoms with Crippen LogP contribution in [0.2, 0.25) is 0 Å². The summed E-state index contributed by atoms with van der Waals surface area (Å²) in [6.45, 7) is 2.39. The lowest BCUT2D eigenvalue weighted by molar-refractivity contribution is 0.200. The molecule has 0 spiro atoms. The van der Waals surface area contributed by atoms with Crippen molar-refractivity contribution in [1.29, 1.82) is 0 Å². The molecule has 0 radical (unpaired) electrons. The van der Waals surface area contributed by atoms with Gasteiger partial charge in [0.25, 0.3) is 0 Å². The van der Waals surface area contributed by atoms with E-state index in [9.17, 15) is 5.11 Å². The van der Waals surface area contributed by atoms with Crippen LogP contribution < -0.4 is 10.1 Å². The number of hydrogen-bond acceptors (Lipinski definition) is 4. The van der Waals surface area contributed by atoms with Gasteiger partial charge in [0.05, 0.1) is 6.10 Å². The number of para-hydroxylation sites is 2. The van der Waals surface area contributed by atoms with E-state index in [2.05, 4.69) is 10.3 Å². The predicted molar refractivity (Wildman–Crippen MR) is 95.2 cm³/mol. The van der Waals surface area contributed by atoms with Gasteiger partial charge < -0.3 is 15.2 Å². The van der Waals surface area contributed by atoms with Crippen LogP contribution in [0.1, 0.15) is 24.2 Å². The second kappa shape index (κ2) is 7.62. The SMILES string of the molecule is C[C@H](O)c1ccccc1NCc1ccc(Oc2ccccc2)nc1. The van der Waals surface area contributed by atoms with Crippen molar-refractivity contribution in [2.45, 2.75) is 19.6 Å². The number of nitrogens with one attached hydrogen (secondary N) is 1. The smallest absolute Gasteiger partial charge is 0.219 e. The standard InChI is InChI=1S/C20H20N2O2/c1-15(23)18-9-5-6-10-19(18)21-13-16-11-12-20(22-14-16)24-17-7-3-2-4-8-17/h2-12,14-15,21,23H,13H2,1H3/t15-/m0/s1. The number of nitrogens with zero attached hydrogens (tertiary/aromatic N) is 1. The van der Waals surface area contributed by atoms with E-state index in [0.717, 1.165) is 22.6 Å². The number of ether oxygens (including phenoxy) is 1. The van der Waals surface area contributed by atoms with Gasteiger partial charge in [-0.05, 0) is 30.7 Å². The molecular formula is C20H20N2O2. The van der Waals surface area contributed by atoms with Crippen molar-refractivity contribution in [2.24, 2.45) is 0 Å². The molecule has 1 heterocycles. The summed E-state index contributed by atoms with van der Waals surface area (Å²) in [7, 11) is 0. The summed E-state index contributed by atoms with van der Waals surface area (Å²) in [6, 6.07) is 21.2. The molecule has 2 aromatic carbocycles. The van der Waals surface area contributed by atoms with Crippen molar-refractivity contribution < 1.29 is 9.84 Å². The maximum atomic E-state index is 9.81. The van der Waals surface area contributed by atoms with Crippen LogP contribution in [0.5, 0.6) is 11.6 Å². The Bertz CT molecular complexity index is 771. The first-order valence-corrected chi connectivity index (χ1v) is 7.91. The van der Waals surface area contributed by atoms with Gasteiger partial charge in [-0.15, -0.1) is 0 Å². The lowest BCUT2D eigenvalue weighted by Crippen LogP contribution is -2.04. The molecule has 4 nitrogen and oxygen atoms in total. The zero-order valence-corrected chi connectivity index (χ0v) is 13.5. The highest BCUT2D eigenvalue weighted by Crippen LogP contribution is 2.23. The molecule has 0 aliphatic heterocycles. The number of benzene rings is 2. The van der Waals surface area contributed by atoms with Gasteiger partial charge in [0.1, 0.15) is 5.75 Å². The van der Waals surface area contributed by atoms with E-state index in [1.807, 2.05) is 66.7 Å². The van der Waals surface area contributed by atoms with Gasteiger partial charge in [0.15, 0.2) is 0 Å². The van der Waals surface area contributed by atoms with Crippen molar-refractivity contribution in [1.82, 2.24) is 4.98 Å². The van der Waals surface area contributed by atoms with Crippen LogP contribution in [0.3, 0.4) is 0 Å². The van der Waals surface area contributed by atoms with E-state index in [1.54, 1.807) is 13.1 Å². The van der Waals surface area contributed by atoms with Crippen molar-refractivity contribution in [2.75, 3.05) is 5.32 Å². The Kier molecular flexibility index (Phi) is 5.08. The van der Waals surface area contributed by atoms with Crippen LogP contribution in [-0.4, -0.2) is 10.1 Å². The molecular weight excluding hydrogens is 300 g/mol. The molecule has 0 aliphatic carbocycles. The number of rotatable bonds is 6. The number of aliphatic hydroxyl groups is 1. The lowest BCUT2D eigenvalue weighted by atomic mass is 10.1. The van der Waals surface area contributed by atoms with Gasteiger partial charge in [-0.25, -0.2) is 4.98 Å². The molecule has 2 N–H and O–H groups in total. The molecule has 0 fully saturated rings. The minimum atomic E-state index is -0.506. The highest BCUT2D eigenvalue weighted by atomic mass is 16.5. The van der Waals surface area contributed by atoms with Crippen LogP contribution >= 0.6 is 0 Å².